The van der Waals surface area contributed by atoms with E-state index in [0.717, 1.165) is 11.3 Å². The van der Waals surface area contributed by atoms with Crippen molar-refractivity contribution < 1.29 is 14.3 Å². The molecule has 2 aromatic rings. The van der Waals surface area contributed by atoms with Gasteiger partial charge in [0.25, 0.3) is 5.91 Å². The van der Waals surface area contributed by atoms with Crippen LogP contribution in [0.15, 0.2) is 48.5 Å². The fourth-order valence-corrected chi connectivity index (χ4v) is 2.18. The van der Waals surface area contributed by atoms with Crippen molar-refractivity contribution in [2.75, 3.05) is 39.3 Å². The molecule has 1 amide bonds. The highest BCUT2D eigenvalue weighted by molar-refractivity contribution is 5.78. The van der Waals surface area contributed by atoms with Crippen LogP contribution in [0.25, 0.3) is 0 Å². The lowest BCUT2D eigenvalue weighted by Gasteiger charge is -2.13. The Morgan fingerprint density at radius 3 is 2.48 bits per heavy atom. The molecule has 2 rings (SSSR count). The maximum absolute atomic E-state index is 11.8. The number of benzene rings is 2. The van der Waals surface area contributed by atoms with E-state index in [4.69, 9.17) is 9.47 Å². The number of hydrogen-bond acceptors (Lipinski definition) is 4. The van der Waals surface area contributed by atoms with Gasteiger partial charge in [-0.2, -0.15) is 0 Å². The molecule has 25 heavy (non-hydrogen) atoms. The molecule has 2 aromatic carbocycles. The number of hydrogen-bond donors (Lipinski definition) is 1. The van der Waals surface area contributed by atoms with E-state index >= 15 is 0 Å². The molecule has 0 aliphatic rings. The van der Waals surface area contributed by atoms with Crippen LogP contribution in [-0.4, -0.2) is 40.3 Å². The SMILES string of the molecule is COc1ccccc1OCC(=O)NCC#Cc1ccccc1N(C)C. The normalized spacial score (nSPS) is 9.56. The Hall–Kier alpha value is -3.13. The quantitative estimate of drug-likeness (QED) is 0.821. The van der Waals surface area contributed by atoms with Gasteiger partial charge in [-0.15, -0.1) is 0 Å². The molecule has 0 aliphatic heterocycles. The van der Waals surface area contributed by atoms with Crippen LogP contribution in [0, 0.1) is 11.8 Å². The van der Waals surface area contributed by atoms with E-state index in [2.05, 4.69) is 17.2 Å². The summed E-state index contributed by atoms with van der Waals surface area (Å²) in [4.78, 5) is 13.9. The van der Waals surface area contributed by atoms with Gasteiger partial charge < -0.3 is 19.7 Å². The van der Waals surface area contributed by atoms with E-state index < -0.39 is 0 Å². The molecule has 130 valence electrons. The van der Waals surface area contributed by atoms with Crippen LogP contribution in [0.2, 0.25) is 0 Å². The van der Waals surface area contributed by atoms with Crippen molar-refractivity contribution >= 4 is 11.6 Å². The minimum absolute atomic E-state index is 0.0870. The molecule has 5 nitrogen and oxygen atoms in total. The first-order valence-electron chi connectivity index (χ1n) is 7.89. The Labute approximate surface area is 148 Å². The summed E-state index contributed by atoms with van der Waals surface area (Å²) in [5.41, 5.74) is 1.97. The Bertz CT molecular complexity index is 776. The lowest BCUT2D eigenvalue weighted by Crippen LogP contribution is -2.29. The molecule has 0 heterocycles. The number of ether oxygens (including phenoxy) is 2. The van der Waals surface area contributed by atoms with Gasteiger partial charge in [0, 0.05) is 19.7 Å². The van der Waals surface area contributed by atoms with Gasteiger partial charge in [0.15, 0.2) is 18.1 Å². The highest BCUT2D eigenvalue weighted by atomic mass is 16.5. The number of nitrogens with one attached hydrogen (secondary N) is 1. The Morgan fingerprint density at radius 2 is 1.76 bits per heavy atom. The zero-order chi connectivity index (χ0) is 18.1. The van der Waals surface area contributed by atoms with Crippen LogP contribution in [0.4, 0.5) is 5.69 Å². The Morgan fingerprint density at radius 1 is 1.08 bits per heavy atom. The van der Waals surface area contributed by atoms with Crippen molar-refractivity contribution in [3.05, 3.63) is 54.1 Å². The van der Waals surface area contributed by atoms with Crippen LogP contribution in [0.1, 0.15) is 5.56 Å². The summed E-state index contributed by atoms with van der Waals surface area (Å²) < 4.78 is 10.6. The molecule has 5 heteroatoms. The first kappa shape index (κ1) is 18.2. The smallest absolute Gasteiger partial charge is 0.258 e. The predicted molar refractivity (Wildman–Crippen MR) is 99.1 cm³/mol. The molecule has 0 aromatic heterocycles. The monoisotopic (exact) mass is 338 g/mol. The van der Waals surface area contributed by atoms with E-state index in [9.17, 15) is 4.79 Å². The largest absolute Gasteiger partial charge is 0.493 e. The van der Waals surface area contributed by atoms with E-state index in [0.29, 0.717) is 11.5 Å². The van der Waals surface area contributed by atoms with Gasteiger partial charge >= 0.3 is 0 Å². The van der Waals surface area contributed by atoms with E-state index in [1.54, 1.807) is 19.2 Å². The molecule has 0 spiro atoms. The number of amides is 1. The van der Waals surface area contributed by atoms with Gasteiger partial charge in [-0.05, 0) is 24.3 Å². The van der Waals surface area contributed by atoms with Gasteiger partial charge in [-0.25, -0.2) is 0 Å². The number of anilines is 1. The molecule has 0 saturated heterocycles. The third-order valence-electron chi connectivity index (χ3n) is 3.41. The van der Waals surface area contributed by atoms with Gasteiger partial charge in [0.1, 0.15) is 0 Å². The fraction of sp³-hybridized carbons (Fsp3) is 0.250. The third kappa shape index (κ3) is 5.47. The van der Waals surface area contributed by atoms with Crippen molar-refractivity contribution in [3.63, 3.8) is 0 Å². The second-order valence-electron chi connectivity index (χ2n) is 5.43. The Kier molecular flexibility index (Phi) is 6.73. The number of nitrogens with zero attached hydrogens (tertiary/aromatic N) is 1. The second-order valence-corrected chi connectivity index (χ2v) is 5.43. The maximum atomic E-state index is 11.8. The van der Waals surface area contributed by atoms with E-state index in [1.165, 1.54) is 0 Å². The van der Waals surface area contributed by atoms with Gasteiger partial charge in [0.2, 0.25) is 0 Å². The lowest BCUT2D eigenvalue weighted by atomic mass is 10.1. The van der Waals surface area contributed by atoms with Crippen LogP contribution < -0.4 is 19.7 Å². The number of methoxy groups -OCH3 is 1. The number of rotatable bonds is 6. The maximum Gasteiger partial charge on any atom is 0.258 e. The Balaban J connectivity index is 1.84. The molecule has 0 atom stereocenters. The van der Waals surface area contributed by atoms with Gasteiger partial charge in [-0.3, -0.25) is 4.79 Å². The average Bonchev–Trinajstić information content (AvgIpc) is 2.64. The standard InChI is InChI=1S/C20H22N2O3/c1-22(2)17-11-5-4-9-16(17)10-8-14-21-20(23)15-25-19-13-7-6-12-18(19)24-3/h4-7,9,11-13H,14-15H2,1-3H3,(H,21,23). The van der Waals surface area contributed by atoms with Crippen LogP contribution in [-0.2, 0) is 4.79 Å². The summed E-state index contributed by atoms with van der Waals surface area (Å²) in [6.07, 6.45) is 0. The first-order chi connectivity index (χ1) is 12.1. The van der Waals surface area contributed by atoms with Crippen molar-refractivity contribution in [2.45, 2.75) is 0 Å². The predicted octanol–water partition coefficient (Wildman–Crippen LogP) is 2.31. The van der Waals surface area contributed by atoms with Crippen molar-refractivity contribution in [1.29, 1.82) is 0 Å². The minimum Gasteiger partial charge on any atom is -0.493 e. The molecule has 0 fully saturated rings. The van der Waals surface area contributed by atoms with Crippen LogP contribution in [0.3, 0.4) is 0 Å². The zero-order valence-electron chi connectivity index (χ0n) is 14.7. The van der Waals surface area contributed by atoms with Crippen molar-refractivity contribution in [1.82, 2.24) is 5.32 Å². The molecule has 0 aliphatic carbocycles. The summed E-state index contributed by atoms with van der Waals surface area (Å²) in [6, 6.07) is 15.1. The zero-order valence-corrected chi connectivity index (χ0v) is 14.7. The molecular formula is C20H22N2O3. The lowest BCUT2D eigenvalue weighted by molar-refractivity contribution is -0.122. The van der Waals surface area contributed by atoms with Crippen LogP contribution >= 0.6 is 0 Å². The third-order valence-corrected chi connectivity index (χ3v) is 3.41. The average molecular weight is 338 g/mol. The summed E-state index contributed by atoms with van der Waals surface area (Å²) in [7, 11) is 5.50. The van der Waals surface area contributed by atoms with Gasteiger partial charge in [-0.1, -0.05) is 36.1 Å². The van der Waals surface area contributed by atoms with Crippen LogP contribution in [0.5, 0.6) is 11.5 Å². The summed E-state index contributed by atoms with van der Waals surface area (Å²) in [5, 5.41) is 2.72. The molecule has 1 N–H and O–H groups in total. The molecule has 0 saturated carbocycles. The van der Waals surface area contributed by atoms with Crippen molar-refractivity contribution in [2.24, 2.45) is 0 Å². The minimum atomic E-state index is -0.235. The topological polar surface area (TPSA) is 50.8 Å². The molecular weight excluding hydrogens is 316 g/mol. The van der Waals surface area contributed by atoms with Gasteiger partial charge in [0.05, 0.1) is 19.3 Å². The summed E-state index contributed by atoms with van der Waals surface area (Å²) in [6.45, 7) is 0.173. The molecule has 0 radical (unpaired) electrons. The fourth-order valence-electron chi connectivity index (χ4n) is 2.18. The summed E-state index contributed by atoms with van der Waals surface area (Å²) in [5.74, 6) is 6.93. The summed E-state index contributed by atoms with van der Waals surface area (Å²) >= 11 is 0. The second kappa shape index (κ2) is 9.24. The highest BCUT2D eigenvalue weighted by Gasteiger charge is 2.06. The molecule has 0 unspecified atom stereocenters. The molecule has 0 bridgehead atoms. The highest BCUT2D eigenvalue weighted by Crippen LogP contribution is 2.25. The number of para-hydroxylation sites is 3. The van der Waals surface area contributed by atoms with Crippen molar-refractivity contribution in [3.8, 4) is 23.3 Å². The number of carbonyl (C=O) groups is 1. The van der Waals surface area contributed by atoms with E-state index in [-0.39, 0.29) is 19.1 Å². The number of carbonyl (C=O) groups excluding carboxylic acids is 1. The van der Waals surface area contributed by atoms with E-state index in [1.807, 2.05) is 55.4 Å². The first-order valence-corrected chi connectivity index (χ1v) is 7.89.